The van der Waals surface area contributed by atoms with Gasteiger partial charge in [-0.05, 0) is 38.8 Å². The van der Waals surface area contributed by atoms with Crippen LogP contribution in [0.5, 0.6) is 17.2 Å². The standard InChI is InChI=1S/C25H36N4O3.HI/c1-5-26-25(27-18-19(2)32-22-9-7-6-8-10-22)28-20-11-13-29(14-12-20)21-15-23(30-3)17-24(16-21)31-4;/h6-10,15-17,19-20H,5,11-14,18H2,1-4H3,(H2,26,27,28);1H. The van der Waals surface area contributed by atoms with Crippen molar-refractivity contribution in [3.05, 3.63) is 48.5 Å². The van der Waals surface area contributed by atoms with Crippen LogP contribution in [0.3, 0.4) is 0 Å². The third kappa shape index (κ3) is 8.49. The molecule has 7 nitrogen and oxygen atoms in total. The molecule has 0 saturated carbocycles. The Bertz CT molecular complexity index is 836. The van der Waals surface area contributed by atoms with Gasteiger partial charge < -0.3 is 29.7 Å². The van der Waals surface area contributed by atoms with Crippen molar-refractivity contribution < 1.29 is 14.2 Å². The largest absolute Gasteiger partial charge is 0.497 e. The van der Waals surface area contributed by atoms with Crippen LogP contribution in [0.25, 0.3) is 0 Å². The number of anilines is 1. The molecule has 0 radical (unpaired) electrons. The van der Waals surface area contributed by atoms with E-state index < -0.39 is 0 Å². The number of nitrogens with one attached hydrogen (secondary N) is 2. The van der Waals surface area contributed by atoms with Gasteiger partial charge in [-0.2, -0.15) is 0 Å². The molecule has 1 fully saturated rings. The minimum absolute atomic E-state index is 0. The quantitative estimate of drug-likeness (QED) is 0.267. The molecule has 2 aromatic carbocycles. The highest BCUT2D eigenvalue weighted by Crippen LogP contribution is 2.30. The van der Waals surface area contributed by atoms with Gasteiger partial charge in [-0.3, -0.25) is 0 Å². The van der Waals surface area contributed by atoms with Gasteiger partial charge in [0.15, 0.2) is 5.96 Å². The van der Waals surface area contributed by atoms with E-state index in [1.54, 1.807) is 14.2 Å². The lowest BCUT2D eigenvalue weighted by atomic mass is 10.0. The number of para-hydroxylation sites is 1. The van der Waals surface area contributed by atoms with E-state index in [0.29, 0.717) is 12.6 Å². The zero-order valence-corrected chi connectivity index (χ0v) is 22.4. The SMILES string of the molecule is CCNC(=NCC(C)Oc1ccccc1)NC1CCN(c2cc(OC)cc(OC)c2)CC1.I. The van der Waals surface area contributed by atoms with Gasteiger partial charge in [0.05, 0.1) is 20.8 Å². The summed E-state index contributed by atoms with van der Waals surface area (Å²) >= 11 is 0. The molecule has 2 aromatic rings. The summed E-state index contributed by atoms with van der Waals surface area (Å²) in [6.07, 6.45) is 2.05. The number of hydrogen-bond donors (Lipinski definition) is 2. The minimum Gasteiger partial charge on any atom is -0.497 e. The van der Waals surface area contributed by atoms with Crippen molar-refractivity contribution in [2.75, 3.05) is 45.3 Å². The molecule has 1 heterocycles. The van der Waals surface area contributed by atoms with Crippen LogP contribution >= 0.6 is 24.0 Å². The lowest BCUT2D eigenvalue weighted by Crippen LogP contribution is -2.49. The highest BCUT2D eigenvalue weighted by Gasteiger charge is 2.21. The number of piperidine rings is 1. The molecule has 0 aliphatic carbocycles. The van der Waals surface area contributed by atoms with Crippen LogP contribution in [-0.4, -0.2) is 58.5 Å². The summed E-state index contributed by atoms with van der Waals surface area (Å²) in [6.45, 7) is 7.46. The van der Waals surface area contributed by atoms with Crippen LogP contribution in [0.4, 0.5) is 5.69 Å². The second-order valence-electron chi connectivity index (χ2n) is 7.94. The van der Waals surface area contributed by atoms with Crippen molar-refractivity contribution in [2.24, 2.45) is 4.99 Å². The highest BCUT2D eigenvalue weighted by atomic mass is 127. The molecule has 0 aromatic heterocycles. The number of benzene rings is 2. The van der Waals surface area contributed by atoms with Gasteiger partial charge in [-0.1, -0.05) is 18.2 Å². The Morgan fingerprint density at radius 3 is 2.24 bits per heavy atom. The first-order chi connectivity index (χ1) is 15.6. The van der Waals surface area contributed by atoms with Gasteiger partial charge >= 0.3 is 0 Å². The summed E-state index contributed by atoms with van der Waals surface area (Å²) in [5, 5.41) is 6.96. The first-order valence-corrected chi connectivity index (χ1v) is 11.4. The number of hydrogen-bond acceptors (Lipinski definition) is 5. The van der Waals surface area contributed by atoms with Crippen LogP contribution < -0.4 is 29.7 Å². The first-order valence-electron chi connectivity index (χ1n) is 11.4. The highest BCUT2D eigenvalue weighted by molar-refractivity contribution is 14.0. The Morgan fingerprint density at radius 1 is 1.03 bits per heavy atom. The number of rotatable bonds is 9. The van der Waals surface area contributed by atoms with E-state index in [9.17, 15) is 0 Å². The van der Waals surface area contributed by atoms with Crippen molar-refractivity contribution >= 4 is 35.6 Å². The fraction of sp³-hybridized carbons (Fsp3) is 0.480. The number of guanidine groups is 1. The van der Waals surface area contributed by atoms with Gasteiger partial charge in [-0.25, -0.2) is 4.99 Å². The van der Waals surface area contributed by atoms with Gasteiger partial charge in [0.2, 0.25) is 0 Å². The van der Waals surface area contributed by atoms with Crippen molar-refractivity contribution in [1.29, 1.82) is 0 Å². The lowest BCUT2D eigenvalue weighted by Gasteiger charge is -2.35. The molecule has 1 aliphatic rings. The number of methoxy groups -OCH3 is 2. The van der Waals surface area contributed by atoms with E-state index in [4.69, 9.17) is 19.2 Å². The second-order valence-corrected chi connectivity index (χ2v) is 7.94. The summed E-state index contributed by atoms with van der Waals surface area (Å²) in [7, 11) is 3.37. The summed E-state index contributed by atoms with van der Waals surface area (Å²) in [5.41, 5.74) is 1.13. The molecule has 0 bridgehead atoms. The molecule has 1 aliphatic heterocycles. The molecule has 0 amide bonds. The van der Waals surface area contributed by atoms with Gasteiger partial charge in [-0.15, -0.1) is 24.0 Å². The summed E-state index contributed by atoms with van der Waals surface area (Å²) < 4.78 is 16.8. The van der Waals surface area contributed by atoms with Crippen molar-refractivity contribution in [2.45, 2.75) is 38.8 Å². The molecule has 33 heavy (non-hydrogen) atoms. The van der Waals surface area contributed by atoms with Crippen LogP contribution in [0.2, 0.25) is 0 Å². The molecule has 8 heteroatoms. The maximum Gasteiger partial charge on any atom is 0.191 e. The normalized spacial score (nSPS) is 15.3. The number of nitrogens with zero attached hydrogens (tertiary/aromatic N) is 2. The molecule has 1 atom stereocenters. The Labute approximate surface area is 214 Å². The zero-order chi connectivity index (χ0) is 22.8. The Balaban J connectivity index is 0.00000385. The van der Waals surface area contributed by atoms with E-state index in [-0.39, 0.29) is 30.1 Å². The van der Waals surface area contributed by atoms with Gasteiger partial charge in [0.25, 0.3) is 0 Å². The molecule has 182 valence electrons. The van der Waals surface area contributed by atoms with Crippen molar-refractivity contribution in [1.82, 2.24) is 10.6 Å². The molecule has 1 saturated heterocycles. The average Bonchev–Trinajstić information content (AvgIpc) is 2.83. The van der Waals surface area contributed by atoms with Gasteiger partial charge in [0.1, 0.15) is 23.4 Å². The number of aliphatic imine (C=N–C) groups is 1. The minimum atomic E-state index is -0.00209. The summed E-state index contributed by atoms with van der Waals surface area (Å²) in [6, 6.07) is 16.3. The van der Waals surface area contributed by atoms with Crippen LogP contribution in [0.1, 0.15) is 26.7 Å². The summed E-state index contributed by atoms with van der Waals surface area (Å²) in [4.78, 5) is 7.13. The topological polar surface area (TPSA) is 67.4 Å². The molecular weight excluding hydrogens is 531 g/mol. The van der Waals surface area contributed by atoms with E-state index in [1.807, 2.05) is 43.3 Å². The third-order valence-electron chi connectivity index (χ3n) is 5.47. The second kappa shape index (κ2) is 14.0. The maximum absolute atomic E-state index is 5.94. The maximum atomic E-state index is 5.94. The van der Waals surface area contributed by atoms with Crippen molar-refractivity contribution in [3.8, 4) is 17.2 Å². The van der Waals surface area contributed by atoms with Crippen LogP contribution in [0, 0.1) is 0 Å². The zero-order valence-electron chi connectivity index (χ0n) is 20.0. The van der Waals surface area contributed by atoms with Crippen LogP contribution in [0.15, 0.2) is 53.5 Å². The molecule has 3 rings (SSSR count). The van der Waals surface area contributed by atoms with Crippen molar-refractivity contribution in [3.63, 3.8) is 0 Å². The Morgan fingerprint density at radius 2 is 1.67 bits per heavy atom. The van der Waals surface area contributed by atoms with Gasteiger partial charge in [0, 0.05) is 49.6 Å². The van der Waals surface area contributed by atoms with E-state index >= 15 is 0 Å². The lowest BCUT2D eigenvalue weighted by molar-refractivity contribution is 0.230. The fourth-order valence-electron chi connectivity index (χ4n) is 3.76. The van der Waals surface area contributed by atoms with Crippen LogP contribution in [-0.2, 0) is 0 Å². The Hall–Kier alpha value is -2.36. The monoisotopic (exact) mass is 568 g/mol. The smallest absolute Gasteiger partial charge is 0.191 e. The van der Waals surface area contributed by atoms with E-state index in [1.165, 1.54) is 0 Å². The van der Waals surface area contributed by atoms with E-state index in [2.05, 4.69) is 34.6 Å². The predicted molar refractivity (Wildman–Crippen MR) is 146 cm³/mol. The Kier molecular flexibility index (Phi) is 11.4. The molecular formula is C25H37IN4O3. The molecule has 2 N–H and O–H groups in total. The fourth-order valence-corrected chi connectivity index (χ4v) is 3.76. The molecule has 1 unspecified atom stereocenters. The summed E-state index contributed by atoms with van der Waals surface area (Å²) in [5.74, 6) is 3.34. The number of ether oxygens (including phenoxy) is 3. The van der Waals surface area contributed by atoms with E-state index in [0.717, 1.165) is 61.4 Å². The third-order valence-corrected chi connectivity index (χ3v) is 5.47. The average molecular weight is 569 g/mol. The predicted octanol–water partition coefficient (Wildman–Crippen LogP) is 4.31. The molecule has 0 spiro atoms. The first kappa shape index (κ1) is 26.9. The number of halogens is 1.